The highest BCUT2D eigenvalue weighted by Crippen LogP contribution is 2.16. The molecule has 7 heteroatoms. The Labute approximate surface area is 118 Å². The van der Waals surface area contributed by atoms with Crippen molar-refractivity contribution in [2.24, 2.45) is 17.6 Å². The van der Waals surface area contributed by atoms with Gasteiger partial charge in [0.05, 0.1) is 0 Å². The van der Waals surface area contributed by atoms with Crippen molar-refractivity contribution in [2.45, 2.75) is 32.6 Å². The van der Waals surface area contributed by atoms with E-state index in [9.17, 15) is 14.4 Å². The molecule has 1 fully saturated rings. The van der Waals surface area contributed by atoms with Crippen molar-refractivity contribution < 1.29 is 19.5 Å². The summed E-state index contributed by atoms with van der Waals surface area (Å²) in [5.41, 5.74) is 5.24. The number of hydrogen-bond donors (Lipinski definition) is 3. The Balaban J connectivity index is 2.33. The van der Waals surface area contributed by atoms with E-state index in [0.717, 1.165) is 0 Å². The predicted molar refractivity (Wildman–Crippen MR) is 72.9 cm³/mol. The Hall–Kier alpha value is -1.79. The second-order valence-electron chi connectivity index (χ2n) is 5.22. The molecule has 0 aromatic rings. The van der Waals surface area contributed by atoms with Gasteiger partial charge in [-0.1, -0.05) is 13.3 Å². The van der Waals surface area contributed by atoms with Gasteiger partial charge in [-0.2, -0.15) is 0 Å². The van der Waals surface area contributed by atoms with Gasteiger partial charge in [0.25, 0.3) is 0 Å². The van der Waals surface area contributed by atoms with E-state index < -0.39 is 5.97 Å². The maximum atomic E-state index is 11.9. The van der Waals surface area contributed by atoms with Crippen LogP contribution in [0.1, 0.15) is 32.6 Å². The molecule has 1 heterocycles. The van der Waals surface area contributed by atoms with Crippen molar-refractivity contribution in [3.8, 4) is 0 Å². The van der Waals surface area contributed by atoms with Gasteiger partial charge in [0.15, 0.2) is 0 Å². The third-order valence-corrected chi connectivity index (χ3v) is 3.77. The number of urea groups is 1. The molecule has 0 aliphatic carbocycles. The molecule has 0 aromatic carbocycles. The second-order valence-corrected chi connectivity index (χ2v) is 5.22. The van der Waals surface area contributed by atoms with Gasteiger partial charge in [-0.05, 0) is 18.8 Å². The van der Waals surface area contributed by atoms with E-state index in [4.69, 9.17) is 10.8 Å². The number of aliphatic carboxylic acids is 1. The zero-order valence-electron chi connectivity index (χ0n) is 11.8. The van der Waals surface area contributed by atoms with Crippen molar-refractivity contribution in [3.05, 3.63) is 0 Å². The molecule has 1 unspecified atom stereocenters. The summed E-state index contributed by atoms with van der Waals surface area (Å²) in [4.78, 5) is 35.3. The Kier molecular flexibility index (Phi) is 6.27. The number of hydrogen-bond acceptors (Lipinski definition) is 3. The average molecular weight is 285 g/mol. The Morgan fingerprint density at radius 1 is 1.35 bits per heavy atom. The number of nitrogens with one attached hydrogen (secondary N) is 1. The van der Waals surface area contributed by atoms with E-state index in [1.807, 2.05) is 6.92 Å². The Morgan fingerprint density at radius 3 is 2.40 bits per heavy atom. The lowest BCUT2D eigenvalue weighted by Crippen LogP contribution is -2.47. The zero-order valence-corrected chi connectivity index (χ0v) is 11.8. The van der Waals surface area contributed by atoms with Crippen LogP contribution in [0.4, 0.5) is 4.79 Å². The highest BCUT2D eigenvalue weighted by molar-refractivity contribution is 5.78. The number of nitrogens with two attached hydrogens (primary N) is 1. The molecule has 4 N–H and O–H groups in total. The highest BCUT2D eigenvalue weighted by atomic mass is 16.4. The fraction of sp³-hybridized carbons (Fsp3) is 0.769. The number of nitrogens with zero attached hydrogens (tertiary/aromatic N) is 1. The zero-order chi connectivity index (χ0) is 15.1. The molecule has 0 radical (unpaired) electrons. The molecule has 1 rings (SSSR count). The van der Waals surface area contributed by atoms with Crippen LogP contribution in [0.2, 0.25) is 0 Å². The first-order valence-electron chi connectivity index (χ1n) is 6.97. The topological polar surface area (TPSA) is 113 Å². The third kappa shape index (κ3) is 5.07. The van der Waals surface area contributed by atoms with Crippen LogP contribution >= 0.6 is 0 Å². The molecule has 114 valence electrons. The van der Waals surface area contributed by atoms with Crippen molar-refractivity contribution in [2.75, 3.05) is 19.6 Å². The van der Waals surface area contributed by atoms with E-state index in [2.05, 4.69) is 5.32 Å². The van der Waals surface area contributed by atoms with Crippen LogP contribution in [0.5, 0.6) is 0 Å². The maximum absolute atomic E-state index is 11.9. The van der Waals surface area contributed by atoms with E-state index >= 15 is 0 Å². The lowest BCUT2D eigenvalue weighted by molar-refractivity contribution is -0.138. The first-order chi connectivity index (χ1) is 9.43. The molecule has 0 spiro atoms. The smallest absolute Gasteiger partial charge is 0.317 e. The van der Waals surface area contributed by atoms with Gasteiger partial charge in [0.1, 0.15) is 0 Å². The van der Waals surface area contributed by atoms with Crippen LogP contribution in [-0.2, 0) is 9.59 Å². The average Bonchev–Trinajstić information content (AvgIpc) is 2.42. The first-order valence-corrected chi connectivity index (χ1v) is 6.97. The van der Waals surface area contributed by atoms with E-state index in [1.165, 1.54) is 0 Å². The summed E-state index contributed by atoms with van der Waals surface area (Å²) < 4.78 is 0. The van der Waals surface area contributed by atoms with Gasteiger partial charge < -0.3 is 21.1 Å². The fourth-order valence-electron chi connectivity index (χ4n) is 2.32. The third-order valence-electron chi connectivity index (χ3n) is 3.77. The number of primary amides is 1. The highest BCUT2D eigenvalue weighted by Gasteiger charge is 2.26. The van der Waals surface area contributed by atoms with Crippen LogP contribution in [0.15, 0.2) is 0 Å². The van der Waals surface area contributed by atoms with Crippen LogP contribution in [-0.4, -0.2) is 47.5 Å². The number of likely N-dealkylation sites (tertiary alicyclic amines) is 1. The van der Waals surface area contributed by atoms with Crippen molar-refractivity contribution >= 4 is 17.9 Å². The van der Waals surface area contributed by atoms with Crippen molar-refractivity contribution in [3.63, 3.8) is 0 Å². The maximum Gasteiger partial charge on any atom is 0.317 e. The number of amides is 3. The molecule has 0 aromatic heterocycles. The molecule has 1 saturated heterocycles. The Bertz CT molecular complexity index is 365. The van der Waals surface area contributed by atoms with Crippen molar-refractivity contribution in [1.82, 2.24) is 10.2 Å². The van der Waals surface area contributed by atoms with E-state index in [0.29, 0.717) is 38.9 Å². The molecule has 1 atom stereocenters. The number of carboxylic acid groups (broad SMARTS) is 1. The van der Waals surface area contributed by atoms with Crippen LogP contribution in [0.3, 0.4) is 0 Å². The minimum absolute atomic E-state index is 0.0559. The lowest BCUT2D eigenvalue weighted by Gasteiger charge is -2.31. The second kappa shape index (κ2) is 7.72. The molecule has 3 amide bonds. The van der Waals surface area contributed by atoms with Gasteiger partial charge in [-0.25, -0.2) is 4.79 Å². The molecule has 1 aliphatic rings. The molecule has 0 bridgehead atoms. The summed E-state index contributed by atoms with van der Waals surface area (Å²) in [7, 11) is 0. The molecule has 1 aliphatic heterocycles. The van der Waals surface area contributed by atoms with E-state index in [1.54, 1.807) is 4.90 Å². The molecule has 7 nitrogen and oxygen atoms in total. The van der Waals surface area contributed by atoms with E-state index in [-0.39, 0.29) is 30.2 Å². The Morgan fingerprint density at radius 2 is 1.95 bits per heavy atom. The minimum Gasteiger partial charge on any atom is -0.481 e. The standard InChI is InChI=1S/C13H23N3O4/c1-2-9(7-11(17)18)8-15-13(20)16-5-3-10(4-6-16)12(14)19/h9-10H,2-8H2,1H3,(H2,14,19)(H,15,20)(H,17,18). The summed E-state index contributed by atoms with van der Waals surface area (Å²) in [5.74, 6) is -1.36. The summed E-state index contributed by atoms with van der Waals surface area (Å²) >= 11 is 0. The number of carbonyl (C=O) groups excluding carboxylic acids is 2. The van der Waals surface area contributed by atoms with Crippen LogP contribution < -0.4 is 11.1 Å². The summed E-state index contributed by atoms with van der Waals surface area (Å²) in [6, 6.07) is -0.197. The van der Waals surface area contributed by atoms with Crippen LogP contribution in [0, 0.1) is 11.8 Å². The SMILES string of the molecule is CCC(CNC(=O)N1CCC(C(N)=O)CC1)CC(=O)O. The van der Waals surface area contributed by atoms with Gasteiger partial charge >= 0.3 is 12.0 Å². The molecular weight excluding hydrogens is 262 g/mol. The number of piperidine rings is 1. The number of carbonyl (C=O) groups is 3. The minimum atomic E-state index is -0.853. The van der Waals surface area contributed by atoms with Crippen molar-refractivity contribution in [1.29, 1.82) is 0 Å². The van der Waals surface area contributed by atoms with Gasteiger partial charge in [0.2, 0.25) is 5.91 Å². The quantitative estimate of drug-likeness (QED) is 0.655. The monoisotopic (exact) mass is 285 g/mol. The first kappa shape index (κ1) is 16.3. The van der Waals surface area contributed by atoms with Gasteiger partial charge in [-0.3, -0.25) is 9.59 Å². The summed E-state index contributed by atoms with van der Waals surface area (Å²) in [6.07, 6.45) is 1.95. The van der Waals surface area contributed by atoms with Gasteiger partial charge in [0, 0.05) is 32.0 Å². The molecule has 20 heavy (non-hydrogen) atoms. The largest absolute Gasteiger partial charge is 0.481 e. The van der Waals surface area contributed by atoms with Gasteiger partial charge in [-0.15, -0.1) is 0 Å². The summed E-state index contributed by atoms with van der Waals surface area (Å²) in [5, 5.41) is 11.5. The number of rotatable bonds is 6. The lowest BCUT2D eigenvalue weighted by atomic mass is 9.96. The normalized spacial score (nSPS) is 17.6. The summed E-state index contributed by atoms with van der Waals surface area (Å²) in [6.45, 7) is 3.28. The molecular formula is C13H23N3O4. The number of carboxylic acids is 1. The van der Waals surface area contributed by atoms with Crippen LogP contribution in [0.25, 0.3) is 0 Å². The predicted octanol–water partition coefficient (Wildman–Crippen LogP) is 0.394. The molecule has 0 saturated carbocycles. The fourth-order valence-corrected chi connectivity index (χ4v) is 2.32.